The summed E-state index contributed by atoms with van der Waals surface area (Å²) in [5.41, 5.74) is -1.61. The van der Waals surface area contributed by atoms with Gasteiger partial charge in [-0.3, -0.25) is 4.79 Å². The van der Waals surface area contributed by atoms with E-state index in [0.717, 1.165) is 12.8 Å². The fraction of sp³-hybridized carbons (Fsp3) is 0.688. The van der Waals surface area contributed by atoms with Crippen molar-refractivity contribution in [3.63, 3.8) is 0 Å². The monoisotopic (exact) mass is 377 g/mol. The Morgan fingerprint density at radius 3 is 2.73 bits per heavy atom. The van der Waals surface area contributed by atoms with Crippen LogP contribution in [0.5, 0.6) is 0 Å². The molecule has 0 aromatic carbocycles. The fourth-order valence-corrected chi connectivity index (χ4v) is 3.91. The maximum absolute atomic E-state index is 12.2. The minimum absolute atomic E-state index is 0.0557. The summed E-state index contributed by atoms with van der Waals surface area (Å²) in [6.07, 6.45) is -4.26. The molecule has 5 atom stereocenters. The maximum Gasteiger partial charge on any atom is 0.422 e. The largest absolute Gasteiger partial charge is 0.460 e. The molecule has 0 aromatic heterocycles. The number of esters is 2. The smallest absolute Gasteiger partial charge is 0.422 e. The van der Waals surface area contributed by atoms with Crippen LogP contribution in [-0.2, 0) is 23.8 Å². The molecule has 4 aliphatic rings. The second kappa shape index (κ2) is 6.81. The van der Waals surface area contributed by atoms with Crippen molar-refractivity contribution in [3.05, 3.63) is 12.2 Å². The first-order valence-electron chi connectivity index (χ1n) is 8.26. The molecular formula is C16H18F3NO6. The summed E-state index contributed by atoms with van der Waals surface area (Å²) in [7, 11) is 0. The first-order valence-corrected chi connectivity index (χ1v) is 8.26. The van der Waals surface area contributed by atoms with Gasteiger partial charge in [-0.2, -0.15) is 13.2 Å². The molecule has 1 amide bonds. The molecule has 3 saturated carbocycles. The molecule has 7 nitrogen and oxygen atoms in total. The number of carbonyl (C=O) groups is 3. The molecule has 4 rings (SSSR count). The summed E-state index contributed by atoms with van der Waals surface area (Å²) < 4.78 is 51.8. The predicted octanol–water partition coefficient (Wildman–Crippen LogP) is 1.71. The summed E-state index contributed by atoms with van der Waals surface area (Å²) >= 11 is 0. The molecule has 1 N–H and O–H groups in total. The molecule has 5 unspecified atom stereocenters. The van der Waals surface area contributed by atoms with E-state index in [4.69, 9.17) is 9.47 Å². The zero-order valence-corrected chi connectivity index (χ0v) is 13.7. The van der Waals surface area contributed by atoms with Crippen molar-refractivity contribution in [2.24, 2.45) is 17.8 Å². The van der Waals surface area contributed by atoms with E-state index in [1.807, 2.05) is 0 Å². The highest BCUT2D eigenvalue weighted by atomic mass is 19.4. The van der Waals surface area contributed by atoms with Crippen LogP contribution in [0.15, 0.2) is 12.2 Å². The summed E-state index contributed by atoms with van der Waals surface area (Å²) in [5, 5.41) is 2.30. The Balaban J connectivity index is 1.41. The number of hydrogen-bond acceptors (Lipinski definition) is 6. The lowest BCUT2D eigenvalue weighted by molar-refractivity contribution is -0.150. The van der Waals surface area contributed by atoms with Crippen LogP contribution in [0.1, 0.15) is 19.3 Å². The first kappa shape index (κ1) is 18.5. The molecule has 1 heterocycles. The molecule has 4 bridgehead atoms. The van der Waals surface area contributed by atoms with Crippen LogP contribution in [0.3, 0.4) is 0 Å². The highest BCUT2D eigenvalue weighted by Gasteiger charge is 2.59. The summed E-state index contributed by atoms with van der Waals surface area (Å²) in [5.74, 6) is -1.82. The van der Waals surface area contributed by atoms with Crippen LogP contribution >= 0.6 is 0 Å². The molecule has 1 aliphatic heterocycles. The van der Waals surface area contributed by atoms with Gasteiger partial charge >= 0.3 is 24.2 Å². The lowest BCUT2D eigenvalue weighted by Gasteiger charge is -2.43. The molecule has 0 spiro atoms. The first-order chi connectivity index (χ1) is 12.2. The highest BCUT2D eigenvalue weighted by Crippen LogP contribution is 2.52. The zero-order valence-electron chi connectivity index (χ0n) is 13.7. The van der Waals surface area contributed by atoms with Crippen molar-refractivity contribution in [1.82, 2.24) is 5.32 Å². The van der Waals surface area contributed by atoms with Crippen molar-refractivity contribution >= 4 is 18.0 Å². The van der Waals surface area contributed by atoms with E-state index in [1.54, 1.807) is 0 Å². The number of halogens is 3. The number of amides is 1. The SMILES string of the molecule is C=C(C(=O)OCCNC(=O)OC1C2CCC3C(C2)C(=O)OC31)C(F)(F)F. The van der Waals surface area contributed by atoms with E-state index >= 15 is 0 Å². The number of alkyl carbamates (subject to hydrolysis) is 1. The molecule has 10 heteroatoms. The van der Waals surface area contributed by atoms with Gasteiger partial charge in [0.1, 0.15) is 24.4 Å². The lowest BCUT2D eigenvalue weighted by Crippen LogP contribution is -2.51. The van der Waals surface area contributed by atoms with Gasteiger partial charge in [-0.15, -0.1) is 0 Å². The number of rotatable bonds is 5. The van der Waals surface area contributed by atoms with E-state index < -0.39 is 42.6 Å². The van der Waals surface area contributed by atoms with E-state index in [9.17, 15) is 27.6 Å². The van der Waals surface area contributed by atoms with Gasteiger partial charge in [-0.25, -0.2) is 9.59 Å². The van der Waals surface area contributed by atoms with Crippen molar-refractivity contribution in [3.8, 4) is 0 Å². The maximum atomic E-state index is 12.2. The summed E-state index contributed by atoms with van der Waals surface area (Å²) in [6.45, 7) is 1.94. The Morgan fingerprint density at radius 2 is 2.04 bits per heavy atom. The molecule has 0 aromatic rings. The fourth-order valence-electron chi connectivity index (χ4n) is 3.91. The van der Waals surface area contributed by atoms with Gasteiger partial charge in [0.05, 0.1) is 12.5 Å². The van der Waals surface area contributed by atoms with E-state index in [2.05, 4.69) is 16.6 Å². The lowest BCUT2D eigenvalue weighted by atomic mass is 9.63. The molecule has 3 aliphatic carbocycles. The highest BCUT2D eigenvalue weighted by molar-refractivity contribution is 5.89. The van der Waals surface area contributed by atoms with Gasteiger partial charge in [0.25, 0.3) is 0 Å². The van der Waals surface area contributed by atoms with Crippen molar-refractivity contribution in [2.75, 3.05) is 13.2 Å². The Morgan fingerprint density at radius 1 is 1.31 bits per heavy atom. The number of fused-ring (bicyclic) bond motifs is 1. The van der Waals surface area contributed by atoms with Gasteiger partial charge in [-0.05, 0) is 19.3 Å². The Labute approximate surface area is 146 Å². The number of carbonyl (C=O) groups excluding carboxylic acids is 3. The molecule has 0 radical (unpaired) electrons. The van der Waals surface area contributed by atoms with Crippen LogP contribution in [-0.4, -0.2) is 49.6 Å². The quantitative estimate of drug-likeness (QED) is 0.340. The normalized spacial score (nSPS) is 32.0. The molecule has 26 heavy (non-hydrogen) atoms. The van der Waals surface area contributed by atoms with Crippen LogP contribution < -0.4 is 5.32 Å². The van der Waals surface area contributed by atoms with Crippen molar-refractivity contribution in [1.29, 1.82) is 0 Å². The Hall–Kier alpha value is -2.26. The minimum atomic E-state index is -4.86. The Bertz CT molecular complexity index is 634. The molecule has 144 valence electrons. The topological polar surface area (TPSA) is 90.9 Å². The Kier molecular flexibility index (Phi) is 4.85. The van der Waals surface area contributed by atoms with Crippen molar-refractivity contribution in [2.45, 2.75) is 37.6 Å². The van der Waals surface area contributed by atoms with Gasteiger partial charge < -0.3 is 19.5 Å². The van der Waals surface area contributed by atoms with E-state index in [0.29, 0.717) is 6.42 Å². The van der Waals surface area contributed by atoms with Crippen LogP contribution in [0.4, 0.5) is 18.0 Å². The van der Waals surface area contributed by atoms with Gasteiger partial charge in [-0.1, -0.05) is 6.58 Å². The molecular weight excluding hydrogens is 359 g/mol. The third kappa shape index (κ3) is 3.49. The van der Waals surface area contributed by atoms with Crippen molar-refractivity contribution < 1.29 is 41.8 Å². The minimum Gasteiger partial charge on any atom is -0.460 e. The average Bonchev–Trinajstić information content (AvgIpc) is 2.85. The molecule has 1 saturated heterocycles. The van der Waals surface area contributed by atoms with E-state index in [-0.39, 0.29) is 30.3 Å². The average molecular weight is 377 g/mol. The van der Waals surface area contributed by atoms with Crippen LogP contribution in [0.2, 0.25) is 0 Å². The summed E-state index contributed by atoms with van der Waals surface area (Å²) in [4.78, 5) is 34.8. The third-order valence-corrected chi connectivity index (χ3v) is 5.15. The van der Waals surface area contributed by atoms with Gasteiger partial charge in [0, 0.05) is 11.8 Å². The van der Waals surface area contributed by atoms with Crippen LogP contribution in [0.25, 0.3) is 0 Å². The van der Waals surface area contributed by atoms with Gasteiger partial charge in [0.2, 0.25) is 0 Å². The number of ether oxygens (including phenoxy) is 3. The van der Waals surface area contributed by atoms with E-state index in [1.165, 1.54) is 0 Å². The third-order valence-electron chi connectivity index (χ3n) is 5.15. The van der Waals surface area contributed by atoms with Crippen LogP contribution in [0, 0.1) is 17.8 Å². The zero-order chi connectivity index (χ0) is 19.1. The number of alkyl halides is 3. The second-order valence-corrected chi connectivity index (χ2v) is 6.65. The number of nitrogens with one attached hydrogen (secondary N) is 1. The second-order valence-electron chi connectivity index (χ2n) is 6.65. The summed E-state index contributed by atoms with van der Waals surface area (Å²) in [6, 6.07) is 0. The predicted molar refractivity (Wildman–Crippen MR) is 78.6 cm³/mol. The number of hydrogen-bond donors (Lipinski definition) is 1. The standard InChI is InChI=1S/C16H18F3NO6/c1-7(16(17,18)19)13(21)24-5-4-20-15(23)26-11-8-2-3-9-10(6-8)14(22)25-12(9)11/h8-12H,1-6H2,(H,20,23). The van der Waals surface area contributed by atoms with Gasteiger partial charge in [0.15, 0.2) is 0 Å². The molecule has 4 fully saturated rings.